The Balaban J connectivity index is 1.83. The van der Waals surface area contributed by atoms with Crippen molar-refractivity contribution in [2.45, 2.75) is 26.7 Å². The maximum absolute atomic E-state index is 11.7. The summed E-state index contributed by atoms with van der Waals surface area (Å²) in [7, 11) is 0. The van der Waals surface area contributed by atoms with Gasteiger partial charge < -0.3 is 5.32 Å². The van der Waals surface area contributed by atoms with Gasteiger partial charge in [-0.3, -0.25) is 9.79 Å². The molecule has 0 saturated carbocycles. The van der Waals surface area contributed by atoms with Crippen LogP contribution in [-0.2, 0) is 11.2 Å². The highest BCUT2D eigenvalue weighted by molar-refractivity contribution is 6.13. The first-order valence-electron chi connectivity index (χ1n) is 7.61. The topological polar surface area (TPSA) is 67.2 Å². The second-order valence-electron chi connectivity index (χ2n) is 5.47. The third kappa shape index (κ3) is 3.69. The van der Waals surface area contributed by atoms with E-state index in [1.54, 1.807) is 18.5 Å². The van der Waals surface area contributed by atoms with Crippen molar-refractivity contribution in [1.82, 2.24) is 9.97 Å². The van der Waals surface area contributed by atoms with E-state index in [1.807, 2.05) is 38.1 Å². The van der Waals surface area contributed by atoms with E-state index in [0.717, 1.165) is 34.9 Å². The predicted molar refractivity (Wildman–Crippen MR) is 91.8 cm³/mol. The van der Waals surface area contributed by atoms with Gasteiger partial charge in [-0.1, -0.05) is 19.1 Å². The molecule has 0 fully saturated rings. The molecule has 0 radical (unpaired) electrons. The fraction of sp³-hybridized carbons (Fsp3) is 0.222. The third-order valence-corrected chi connectivity index (χ3v) is 3.51. The number of benzene rings is 1. The molecule has 5 nitrogen and oxygen atoms in total. The number of hydrogen-bond donors (Lipinski definition) is 1. The van der Waals surface area contributed by atoms with Crippen molar-refractivity contribution >= 4 is 28.6 Å². The van der Waals surface area contributed by atoms with Gasteiger partial charge in [0, 0.05) is 35.9 Å². The van der Waals surface area contributed by atoms with Crippen LogP contribution >= 0.6 is 0 Å². The number of anilines is 2. The molecule has 2 heterocycles. The Morgan fingerprint density at radius 1 is 1.17 bits per heavy atom. The number of aryl methyl sites for hydroxylation is 1. The van der Waals surface area contributed by atoms with Crippen LogP contribution in [0.3, 0.4) is 0 Å². The number of aliphatic imine (C=N–C) groups is 1. The zero-order chi connectivity index (χ0) is 16.2. The van der Waals surface area contributed by atoms with Gasteiger partial charge in [0.25, 0.3) is 0 Å². The molecule has 2 aromatic rings. The fourth-order valence-electron chi connectivity index (χ4n) is 2.41. The Kier molecular flexibility index (Phi) is 4.28. The zero-order valence-corrected chi connectivity index (χ0v) is 13.2. The average molecular weight is 306 g/mol. The van der Waals surface area contributed by atoms with Crippen LogP contribution in [0.25, 0.3) is 5.70 Å². The van der Waals surface area contributed by atoms with Crippen molar-refractivity contribution in [2.75, 3.05) is 5.32 Å². The second-order valence-corrected chi connectivity index (χ2v) is 5.47. The number of nitrogens with zero attached hydrogens (tertiary/aromatic N) is 3. The van der Waals surface area contributed by atoms with Crippen molar-refractivity contribution in [3.63, 3.8) is 0 Å². The number of carbonyl (C=O) groups excluding carboxylic acids is 1. The molecule has 3 rings (SSSR count). The SMILES string of the molecule is CCc1ncc(Nc2cccc(C3=CC(=O)CC(C)=N3)c2)cn1. The van der Waals surface area contributed by atoms with Crippen LogP contribution in [0.15, 0.2) is 47.7 Å². The molecule has 1 aliphatic heterocycles. The molecule has 1 aliphatic rings. The summed E-state index contributed by atoms with van der Waals surface area (Å²) in [6.45, 7) is 3.90. The molecular formula is C18H18N4O. The van der Waals surface area contributed by atoms with Crippen molar-refractivity contribution in [1.29, 1.82) is 0 Å². The summed E-state index contributed by atoms with van der Waals surface area (Å²) >= 11 is 0. The first-order valence-corrected chi connectivity index (χ1v) is 7.61. The summed E-state index contributed by atoms with van der Waals surface area (Å²) in [5, 5.41) is 3.27. The van der Waals surface area contributed by atoms with Gasteiger partial charge in [0.15, 0.2) is 5.78 Å². The van der Waals surface area contributed by atoms with Gasteiger partial charge in [0.05, 0.1) is 23.8 Å². The number of ketones is 1. The van der Waals surface area contributed by atoms with Crippen molar-refractivity contribution < 1.29 is 4.79 Å². The minimum absolute atomic E-state index is 0.0921. The Hall–Kier alpha value is -2.82. The molecule has 0 bridgehead atoms. The summed E-state index contributed by atoms with van der Waals surface area (Å²) in [5.74, 6) is 0.911. The number of aromatic nitrogens is 2. The normalized spacial score (nSPS) is 14.3. The number of nitrogens with one attached hydrogen (secondary N) is 1. The highest BCUT2D eigenvalue weighted by atomic mass is 16.1. The van der Waals surface area contributed by atoms with Crippen molar-refractivity contribution in [3.8, 4) is 0 Å². The third-order valence-electron chi connectivity index (χ3n) is 3.51. The monoisotopic (exact) mass is 306 g/mol. The van der Waals surface area contributed by atoms with E-state index in [1.165, 1.54) is 0 Å². The molecule has 1 aromatic carbocycles. The molecule has 5 heteroatoms. The number of allylic oxidation sites excluding steroid dienone is 1. The molecule has 1 N–H and O–H groups in total. The van der Waals surface area contributed by atoms with Crippen LogP contribution in [0.5, 0.6) is 0 Å². The van der Waals surface area contributed by atoms with Crippen LogP contribution in [0.2, 0.25) is 0 Å². The number of hydrogen-bond acceptors (Lipinski definition) is 5. The molecule has 0 amide bonds. The fourth-order valence-corrected chi connectivity index (χ4v) is 2.41. The van der Waals surface area contributed by atoms with Crippen LogP contribution in [0.4, 0.5) is 11.4 Å². The summed E-state index contributed by atoms with van der Waals surface area (Å²) in [5.41, 5.74) is 4.19. The summed E-state index contributed by atoms with van der Waals surface area (Å²) in [6.07, 6.45) is 6.36. The first-order chi connectivity index (χ1) is 11.1. The van der Waals surface area contributed by atoms with Gasteiger partial charge in [-0.15, -0.1) is 0 Å². The van der Waals surface area contributed by atoms with Gasteiger partial charge in [-0.05, 0) is 19.1 Å². The lowest BCUT2D eigenvalue weighted by atomic mass is 10.0. The molecule has 0 atom stereocenters. The lowest BCUT2D eigenvalue weighted by molar-refractivity contribution is -0.113. The van der Waals surface area contributed by atoms with E-state index < -0.39 is 0 Å². The quantitative estimate of drug-likeness (QED) is 0.938. The number of rotatable bonds is 4. The summed E-state index contributed by atoms with van der Waals surface area (Å²) in [4.78, 5) is 24.7. The maximum atomic E-state index is 11.7. The number of carbonyl (C=O) groups is 1. The van der Waals surface area contributed by atoms with E-state index in [2.05, 4.69) is 20.3 Å². The largest absolute Gasteiger partial charge is 0.353 e. The Labute approximate surface area is 135 Å². The lowest BCUT2D eigenvalue weighted by Gasteiger charge is -2.12. The van der Waals surface area contributed by atoms with Crippen LogP contribution in [-0.4, -0.2) is 21.5 Å². The molecule has 0 unspecified atom stereocenters. The second kappa shape index (κ2) is 6.52. The first kappa shape index (κ1) is 15.1. The molecule has 1 aromatic heterocycles. The van der Waals surface area contributed by atoms with E-state index in [0.29, 0.717) is 12.1 Å². The van der Waals surface area contributed by atoms with E-state index >= 15 is 0 Å². The van der Waals surface area contributed by atoms with Crippen LogP contribution in [0.1, 0.15) is 31.7 Å². The van der Waals surface area contributed by atoms with Crippen molar-refractivity contribution in [2.24, 2.45) is 4.99 Å². The molecule has 0 aliphatic carbocycles. The van der Waals surface area contributed by atoms with Gasteiger partial charge in [-0.2, -0.15) is 0 Å². The maximum Gasteiger partial charge on any atom is 0.163 e. The molecule has 116 valence electrons. The van der Waals surface area contributed by atoms with Gasteiger partial charge in [0.1, 0.15) is 5.82 Å². The highest BCUT2D eigenvalue weighted by Gasteiger charge is 2.12. The highest BCUT2D eigenvalue weighted by Crippen LogP contribution is 2.24. The Morgan fingerprint density at radius 3 is 2.65 bits per heavy atom. The molecule has 0 saturated heterocycles. The van der Waals surface area contributed by atoms with E-state index in [-0.39, 0.29) is 5.78 Å². The Bertz CT molecular complexity index is 791. The Morgan fingerprint density at radius 2 is 1.96 bits per heavy atom. The molecular weight excluding hydrogens is 288 g/mol. The summed E-state index contributed by atoms with van der Waals surface area (Å²) in [6, 6.07) is 7.81. The van der Waals surface area contributed by atoms with Crippen molar-refractivity contribution in [3.05, 3.63) is 54.1 Å². The minimum atomic E-state index is 0.0921. The predicted octanol–water partition coefficient (Wildman–Crippen LogP) is 3.56. The van der Waals surface area contributed by atoms with Gasteiger partial charge in [-0.25, -0.2) is 9.97 Å². The molecule has 0 spiro atoms. The van der Waals surface area contributed by atoms with Crippen LogP contribution < -0.4 is 5.32 Å². The standard InChI is InChI=1S/C18H18N4O/c1-3-18-19-10-15(11-20-18)22-14-6-4-5-13(8-14)17-9-16(23)7-12(2)21-17/h4-6,8-11,22H,3,7H2,1-2H3. The van der Waals surface area contributed by atoms with E-state index in [9.17, 15) is 4.79 Å². The van der Waals surface area contributed by atoms with Gasteiger partial charge >= 0.3 is 0 Å². The smallest absolute Gasteiger partial charge is 0.163 e. The average Bonchev–Trinajstić information content (AvgIpc) is 2.55. The van der Waals surface area contributed by atoms with Crippen LogP contribution in [0, 0.1) is 0 Å². The lowest BCUT2D eigenvalue weighted by Crippen LogP contribution is -2.07. The van der Waals surface area contributed by atoms with E-state index in [4.69, 9.17) is 0 Å². The van der Waals surface area contributed by atoms with Gasteiger partial charge in [0.2, 0.25) is 0 Å². The molecule has 23 heavy (non-hydrogen) atoms. The zero-order valence-electron chi connectivity index (χ0n) is 13.2. The summed E-state index contributed by atoms with van der Waals surface area (Å²) < 4.78 is 0. The minimum Gasteiger partial charge on any atom is -0.353 e.